The van der Waals surface area contributed by atoms with Crippen LogP contribution in [-0.2, 0) is 0 Å². The van der Waals surface area contributed by atoms with E-state index in [4.69, 9.17) is 5.73 Å². The van der Waals surface area contributed by atoms with Crippen LogP contribution in [0.15, 0.2) is 18.2 Å². The molecule has 0 aliphatic carbocycles. The molecule has 0 aliphatic rings. The highest BCUT2D eigenvalue weighted by Gasteiger charge is 2.14. The number of carbonyl (C=O) groups excluding carboxylic acids is 1. The second kappa shape index (κ2) is 4.42. The average molecular weight is 256 g/mol. The van der Waals surface area contributed by atoms with E-state index in [-0.39, 0.29) is 15.8 Å². The fraction of sp³-hybridized carbons (Fsp3) is 0. The third-order valence-corrected chi connectivity index (χ3v) is 2.56. The van der Waals surface area contributed by atoms with Crippen LogP contribution in [0.1, 0.15) is 9.80 Å². The summed E-state index contributed by atoms with van der Waals surface area (Å²) < 4.78 is 26.1. The number of aromatic nitrogens is 2. The maximum atomic E-state index is 13.2. The van der Waals surface area contributed by atoms with Crippen LogP contribution < -0.4 is 11.1 Å². The number of amides is 1. The Labute approximate surface area is 98.3 Å². The first kappa shape index (κ1) is 11.4. The summed E-state index contributed by atoms with van der Waals surface area (Å²) in [6.45, 7) is 0. The minimum absolute atomic E-state index is 0.0221. The van der Waals surface area contributed by atoms with Crippen LogP contribution in [0.2, 0.25) is 0 Å². The van der Waals surface area contributed by atoms with Crippen LogP contribution >= 0.6 is 11.3 Å². The van der Waals surface area contributed by atoms with Crippen molar-refractivity contribution in [2.45, 2.75) is 0 Å². The van der Waals surface area contributed by atoms with Gasteiger partial charge >= 0.3 is 0 Å². The molecule has 17 heavy (non-hydrogen) atoms. The van der Waals surface area contributed by atoms with Crippen LogP contribution in [0, 0.1) is 11.6 Å². The molecule has 1 amide bonds. The zero-order chi connectivity index (χ0) is 12.4. The van der Waals surface area contributed by atoms with E-state index in [1.165, 1.54) is 0 Å². The lowest BCUT2D eigenvalue weighted by Gasteiger charge is -2.03. The number of nitrogen functional groups attached to an aromatic ring is 1. The predicted molar refractivity (Wildman–Crippen MR) is 58.6 cm³/mol. The highest BCUT2D eigenvalue weighted by molar-refractivity contribution is 7.16. The molecule has 0 bridgehead atoms. The van der Waals surface area contributed by atoms with Gasteiger partial charge in [-0.2, -0.15) is 0 Å². The zero-order valence-corrected chi connectivity index (χ0v) is 9.09. The van der Waals surface area contributed by atoms with Crippen LogP contribution in [0.4, 0.5) is 19.6 Å². The SMILES string of the molecule is Nc1nnc(C(=O)Nc2cc(F)ccc2F)s1. The summed E-state index contributed by atoms with van der Waals surface area (Å²) in [6, 6.07) is 2.74. The highest BCUT2D eigenvalue weighted by atomic mass is 32.1. The number of hydrogen-bond acceptors (Lipinski definition) is 5. The van der Waals surface area contributed by atoms with Gasteiger partial charge in [-0.15, -0.1) is 10.2 Å². The van der Waals surface area contributed by atoms with E-state index < -0.39 is 17.5 Å². The van der Waals surface area contributed by atoms with E-state index in [0.29, 0.717) is 0 Å². The molecule has 2 aromatic rings. The Morgan fingerprint density at radius 3 is 2.76 bits per heavy atom. The quantitative estimate of drug-likeness (QED) is 0.856. The third-order valence-electron chi connectivity index (χ3n) is 1.81. The lowest BCUT2D eigenvalue weighted by molar-refractivity contribution is 0.102. The van der Waals surface area contributed by atoms with Gasteiger partial charge in [0.25, 0.3) is 5.91 Å². The molecule has 0 atom stereocenters. The van der Waals surface area contributed by atoms with Crippen molar-refractivity contribution in [3.63, 3.8) is 0 Å². The van der Waals surface area contributed by atoms with Crippen molar-refractivity contribution in [2.75, 3.05) is 11.1 Å². The molecule has 1 heterocycles. The molecule has 88 valence electrons. The monoisotopic (exact) mass is 256 g/mol. The van der Waals surface area contributed by atoms with E-state index in [2.05, 4.69) is 15.5 Å². The lowest BCUT2D eigenvalue weighted by Crippen LogP contribution is -2.13. The standard InChI is InChI=1S/C9H6F2N4OS/c10-4-1-2-5(11)6(3-4)13-7(16)8-14-15-9(12)17-8/h1-3H,(H2,12,15)(H,13,16). The van der Waals surface area contributed by atoms with Crippen LogP contribution in [0.25, 0.3) is 0 Å². The minimum Gasteiger partial charge on any atom is -0.374 e. The number of hydrogen-bond donors (Lipinski definition) is 2. The van der Waals surface area contributed by atoms with Gasteiger partial charge in [-0.05, 0) is 12.1 Å². The third kappa shape index (κ3) is 2.53. The van der Waals surface area contributed by atoms with Gasteiger partial charge in [0.1, 0.15) is 11.6 Å². The molecule has 0 spiro atoms. The largest absolute Gasteiger partial charge is 0.374 e. The molecule has 1 aromatic carbocycles. The van der Waals surface area contributed by atoms with E-state index in [0.717, 1.165) is 29.5 Å². The second-order valence-corrected chi connectivity index (χ2v) is 4.03. The summed E-state index contributed by atoms with van der Waals surface area (Å²) in [5, 5.41) is 9.19. The molecule has 3 N–H and O–H groups in total. The molecular weight excluding hydrogens is 250 g/mol. The second-order valence-electron chi connectivity index (χ2n) is 3.02. The van der Waals surface area contributed by atoms with Gasteiger partial charge in [-0.25, -0.2) is 8.78 Å². The van der Waals surface area contributed by atoms with E-state index in [9.17, 15) is 13.6 Å². The molecule has 0 fully saturated rings. The Morgan fingerprint density at radius 2 is 2.12 bits per heavy atom. The first-order valence-electron chi connectivity index (χ1n) is 4.41. The van der Waals surface area contributed by atoms with Crippen molar-refractivity contribution in [1.82, 2.24) is 10.2 Å². The predicted octanol–water partition coefficient (Wildman–Crippen LogP) is 1.65. The van der Waals surface area contributed by atoms with E-state index in [1.54, 1.807) is 0 Å². The summed E-state index contributed by atoms with van der Waals surface area (Å²) in [5.74, 6) is -2.08. The number of nitrogens with two attached hydrogens (primary N) is 1. The molecule has 1 aromatic heterocycles. The fourth-order valence-electron chi connectivity index (χ4n) is 1.10. The summed E-state index contributed by atoms with van der Waals surface area (Å²) in [6.07, 6.45) is 0. The van der Waals surface area contributed by atoms with E-state index in [1.807, 2.05) is 0 Å². The summed E-state index contributed by atoms with van der Waals surface area (Å²) in [4.78, 5) is 11.5. The van der Waals surface area contributed by atoms with Gasteiger partial charge in [-0.1, -0.05) is 11.3 Å². The lowest BCUT2D eigenvalue weighted by atomic mass is 10.3. The Kier molecular flexibility index (Phi) is 2.96. The minimum atomic E-state index is -0.739. The molecule has 0 saturated carbocycles. The van der Waals surface area contributed by atoms with Crippen molar-refractivity contribution >= 4 is 28.1 Å². The Bertz CT molecular complexity index is 572. The number of anilines is 2. The number of rotatable bonds is 2. The van der Waals surface area contributed by atoms with Gasteiger partial charge in [0.15, 0.2) is 0 Å². The average Bonchev–Trinajstić information content (AvgIpc) is 2.70. The highest BCUT2D eigenvalue weighted by Crippen LogP contribution is 2.18. The van der Waals surface area contributed by atoms with Crippen LogP contribution in [0.5, 0.6) is 0 Å². The summed E-state index contributed by atoms with van der Waals surface area (Å²) in [7, 11) is 0. The molecule has 8 heteroatoms. The van der Waals surface area contributed by atoms with E-state index >= 15 is 0 Å². The zero-order valence-electron chi connectivity index (χ0n) is 8.28. The number of halogens is 2. The number of carbonyl (C=O) groups is 1. The topological polar surface area (TPSA) is 80.9 Å². The fourth-order valence-corrected chi connectivity index (χ4v) is 1.60. The Morgan fingerprint density at radius 1 is 1.35 bits per heavy atom. The van der Waals surface area contributed by atoms with Crippen molar-refractivity contribution in [1.29, 1.82) is 0 Å². The molecule has 0 saturated heterocycles. The molecule has 2 rings (SSSR count). The van der Waals surface area contributed by atoms with Gasteiger partial charge in [-0.3, -0.25) is 4.79 Å². The molecule has 5 nitrogen and oxygen atoms in total. The molecule has 0 radical (unpaired) electrons. The van der Waals surface area contributed by atoms with Crippen molar-refractivity contribution < 1.29 is 13.6 Å². The number of benzene rings is 1. The Hall–Kier alpha value is -2.09. The van der Waals surface area contributed by atoms with Gasteiger partial charge in [0.2, 0.25) is 10.1 Å². The van der Waals surface area contributed by atoms with Gasteiger partial charge < -0.3 is 11.1 Å². The molecular formula is C9H6F2N4OS. The van der Waals surface area contributed by atoms with Crippen molar-refractivity contribution in [3.8, 4) is 0 Å². The first-order valence-corrected chi connectivity index (χ1v) is 5.23. The van der Waals surface area contributed by atoms with Crippen LogP contribution in [-0.4, -0.2) is 16.1 Å². The number of nitrogens with one attached hydrogen (secondary N) is 1. The summed E-state index contributed by atoms with van der Waals surface area (Å²) >= 11 is 0.852. The molecule has 0 unspecified atom stereocenters. The maximum absolute atomic E-state index is 13.2. The smallest absolute Gasteiger partial charge is 0.286 e. The van der Waals surface area contributed by atoms with Crippen molar-refractivity contribution in [3.05, 3.63) is 34.8 Å². The van der Waals surface area contributed by atoms with Gasteiger partial charge in [0.05, 0.1) is 5.69 Å². The summed E-state index contributed by atoms with van der Waals surface area (Å²) in [5.41, 5.74) is 5.03. The number of nitrogens with zero attached hydrogens (tertiary/aromatic N) is 2. The molecule has 0 aliphatic heterocycles. The normalized spacial score (nSPS) is 10.2. The maximum Gasteiger partial charge on any atom is 0.286 e. The Balaban J connectivity index is 2.21. The van der Waals surface area contributed by atoms with Crippen molar-refractivity contribution in [2.24, 2.45) is 0 Å². The van der Waals surface area contributed by atoms with Gasteiger partial charge in [0, 0.05) is 6.07 Å². The van der Waals surface area contributed by atoms with Crippen LogP contribution in [0.3, 0.4) is 0 Å². The first-order chi connectivity index (χ1) is 8.06.